The zero-order valence-electron chi connectivity index (χ0n) is 16.1. The Balaban J connectivity index is 1.34. The van der Waals surface area contributed by atoms with E-state index in [0.29, 0.717) is 44.2 Å². The molecule has 2 aliphatic heterocycles. The molecule has 0 unspecified atom stereocenters. The lowest BCUT2D eigenvalue weighted by atomic mass is 10.00. The van der Waals surface area contributed by atoms with Gasteiger partial charge in [-0.25, -0.2) is 4.98 Å². The highest BCUT2D eigenvalue weighted by molar-refractivity contribution is 5.96. The summed E-state index contributed by atoms with van der Waals surface area (Å²) in [5.74, 6) is 0.125. The van der Waals surface area contributed by atoms with E-state index in [-0.39, 0.29) is 11.8 Å². The number of carbonyl (C=O) groups excluding carboxylic acids is 2. The molecule has 3 heterocycles. The summed E-state index contributed by atoms with van der Waals surface area (Å²) in [5.41, 5.74) is 3.92. The van der Waals surface area contributed by atoms with Crippen LogP contribution >= 0.6 is 0 Å². The molecule has 2 aliphatic rings. The SMILES string of the molecule is O=C(c1cn2c(n1)C(=O)N(Cc1ccccc1)CC2)N1CCc2ccccc2C1. The first-order valence-electron chi connectivity index (χ1n) is 9.95. The van der Waals surface area contributed by atoms with E-state index >= 15 is 0 Å². The summed E-state index contributed by atoms with van der Waals surface area (Å²) >= 11 is 0. The molecule has 1 aromatic heterocycles. The van der Waals surface area contributed by atoms with E-state index < -0.39 is 0 Å². The highest BCUT2D eigenvalue weighted by Gasteiger charge is 2.30. The van der Waals surface area contributed by atoms with E-state index in [1.165, 1.54) is 11.1 Å². The smallest absolute Gasteiger partial charge is 0.290 e. The number of aromatic nitrogens is 2. The Labute approximate surface area is 169 Å². The fourth-order valence-corrected chi connectivity index (χ4v) is 4.12. The van der Waals surface area contributed by atoms with Crippen molar-refractivity contribution in [3.8, 4) is 0 Å². The maximum Gasteiger partial charge on any atom is 0.290 e. The number of amides is 2. The average molecular weight is 386 g/mol. The van der Waals surface area contributed by atoms with Crippen molar-refractivity contribution in [1.29, 1.82) is 0 Å². The molecule has 0 atom stereocenters. The molecule has 29 heavy (non-hydrogen) atoms. The first kappa shape index (κ1) is 17.7. The van der Waals surface area contributed by atoms with E-state index in [9.17, 15) is 9.59 Å². The number of hydrogen-bond acceptors (Lipinski definition) is 3. The summed E-state index contributed by atoms with van der Waals surface area (Å²) in [6, 6.07) is 18.1. The van der Waals surface area contributed by atoms with Gasteiger partial charge in [0.05, 0.1) is 0 Å². The zero-order valence-corrected chi connectivity index (χ0v) is 16.1. The average Bonchev–Trinajstić information content (AvgIpc) is 3.21. The number of benzene rings is 2. The number of carbonyl (C=O) groups is 2. The lowest BCUT2D eigenvalue weighted by Gasteiger charge is -2.28. The molecule has 0 fully saturated rings. The van der Waals surface area contributed by atoms with E-state index in [1.807, 2.05) is 51.9 Å². The number of imidazole rings is 1. The highest BCUT2D eigenvalue weighted by atomic mass is 16.2. The van der Waals surface area contributed by atoms with Crippen LogP contribution in [-0.4, -0.2) is 44.3 Å². The van der Waals surface area contributed by atoms with Crippen LogP contribution in [0.2, 0.25) is 0 Å². The Kier molecular flexibility index (Phi) is 4.39. The van der Waals surface area contributed by atoms with E-state index in [0.717, 1.165) is 12.0 Å². The van der Waals surface area contributed by atoms with Crippen LogP contribution in [-0.2, 0) is 26.1 Å². The summed E-state index contributed by atoms with van der Waals surface area (Å²) in [4.78, 5) is 34.0. The Morgan fingerprint density at radius 2 is 1.69 bits per heavy atom. The molecule has 0 saturated heterocycles. The normalized spacial score (nSPS) is 15.8. The predicted molar refractivity (Wildman–Crippen MR) is 108 cm³/mol. The molecule has 6 heteroatoms. The summed E-state index contributed by atoms with van der Waals surface area (Å²) in [5, 5.41) is 0. The van der Waals surface area contributed by atoms with Crippen molar-refractivity contribution in [1.82, 2.24) is 19.4 Å². The van der Waals surface area contributed by atoms with Gasteiger partial charge in [-0.3, -0.25) is 9.59 Å². The minimum Gasteiger partial charge on any atom is -0.333 e. The quantitative estimate of drug-likeness (QED) is 0.696. The largest absolute Gasteiger partial charge is 0.333 e. The molecule has 2 amide bonds. The minimum absolute atomic E-state index is 0.108. The first-order chi connectivity index (χ1) is 14.2. The molecule has 3 aromatic rings. The molecule has 0 aliphatic carbocycles. The van der Waals surface area contributed by atoms with Crippen molar-refractivity contribution in [2.45, 2.75) is 26.1 Å². The van der Waals surface area contributed by atoms with E-state index in [1.54, 1.807) is 11.1 Å². The van der Waals surface area contributed by atoms with Crippen LogP contribution in [0.4, 0.5) is 0 Å². The third-order valence-corrected chi connectivity index (χ3v) is 5.72. The second-order valence-electron chi connectivity index (χ2n) is 7.60. The van der Waals surface area contributed by atoms with Crippen LogP contribution in [0.1, 0.15) is 37.8 Å². The van der Waals surface area contributed by atoms with Gasteiger partial charge in [-0.1, -0.05) is 54.6 Å². The van der Waals surface area contributed by atoms with Gasteiger partial charge in [-0.2, -0.15) is 0 Å². The fraction of sp³-hybridized carbons (Fsp3) is 0.261. The molecule has 0 bridgehead atoms. The van der Waals surface area contributed by atoms with E-state index in [2.05, 4.69) is 17.1 Å². The summed E-state index contributed by atoms with van der Waals surface area (Å²) in [7, 11) is 0. The Hall–Kier alpha value is -3.41. The molecule has 0 spiro atoms. The molecule has 5 rings (SSSR count). The summed E-state index contributed by atoms with van der Waals surface area (Å²) < 4.78 is 1.81. The maximum atomic E-state index is 13.0. The molecule has 6 nitrogen and oxygen atoms in total. The molecule has 146 valence electrons. The molecule has 0 N–H and O–H groups in total. The topological polar surface area (TPSA) is 58.4 Å². The van der Waals surface area contributed by atoms with Crippen molar-refractivity contribution in [2.75, 3.05) is 13.1 Å². The van der Waals surface area contributed by atoms with Crippen molar-refractivity contribution < 1.29 is 9.59 Å². The van der Waals surface area contributed by atoms with Gasteiger partial charge in [0, 0.05) is 38.9 Å². The number of hydrogen-bond donors (Lipinski definition) is 0. The van der Waals surface area contributed by atoms with Crippen LogP contribution in [0.25, 0.3) is 0 Å². The third-order valence-electron chi connectivity index (χ3n) is 5.72. The van der Waals surface area contributed by atoms with Gasteiger partial charge in [0.15, 0.2) is 5.82 Å². The van der Waals surface area contributed by atoms with Crippen molar-refractivity contribution in [2.24, 2.45) is 0 Å². The van der Waals surface area contributed by atoms with Crippen molar-refractivity contribution >= 4 is 11.8 Å². The Morgan fingerprint density at radius 1 is 0.931 bits per heavy atom. The highest BCUT2D eigenvalue weighted by Crippen LogP contribution is 2.21. The summed E-state index contributed by atoms with van der Waals surface area (Å²) in [6.07, 6.45) is 2.58. The second-order valence-corrected chi connectivity index (χ2v) is 7.60. The van der Waals surface area contributed by atoms with Crippen LogP contribution in [0, 0.1) is 0 Å². The molecule has 2 aromatic carbocycles. The monoisotopic (exact) mass is 386 g/mol. The Morgan fingerprint density at radius 3 is 2.52 bits per heavy atom. The minimum atomic E-state index is -0.122. The van der Waals surface area contributed by atoms with Gasteiger partial charge < -0.3 is 14.4 Å². The van der Waals surface area contributed by atoms with E-state index in [4.69, 9.17) is 0 Å². The van der Waals surface area contributed by atoms with Crippen LogP contribution < -0.4 is 0 Å². The number of rotatable bonds is 3. The molecule has 0 saturated carbocycles. The third kappa shape index (κ3) is 3.31. The van der Waals surface area contributed by atoms with Crippen molar-refractivity contribution in [3.05, 3.63) is 89.0 Å². The standard InChI is InChI=1S/C23H22N4O2/c28-22(26-11-10-18-8-4-5-9-19(18)15-26)20-16-25-12-13-27(23(29)21(25)24-20)14-17-6-2-1-3-7-17/h1-9,16H,10-15H2. The van der Waals surface area contributed by atoms with Gasteiger partial charge in [-0.15, -0.1) is 0 Å². The first-order valence-corrected chi connectivity index (χ1v) is 9.95. The number of nitrogens with zero attached hydrogens (tertiary/aromatic N) is 4. The molecular weight excluding hydrogens is 364 g/mol. The zero-order chi connectivity index (χ0) is 19.8. The lowest BCUT2D eigenvalue weighted by molar-refractivity contribution is 0.0683. The fourth-order valence-electron chi connectivity index (χ4n) is 4.12. The van der Waals surface area contributed by atoms with Gasteiger partial charge in [0.2, 0.25) is 0 Å². The Bertz CT molecular complexity index is 1070. The van der Waals surface area contributed by atoms with Gasteiger partial charge >= 0.3 is 0 Å². The second kappa shape index (κ2) is 7.20. The van der Waals surface area contributed by atoms with Gasteiger partial charge in [0.25, 0.3) is 11.8 Å². The lowest BCUT2D eigenvalue weighted by Crippen LogP contribution is -2.39. The van der Waals surface area contributed by atoms with Crippen LogP contribution in [0.5, 0.6) is 0 Å². The van der Waals surface area contributed by atoms with Crippen LogP contribution in [0.15, 0.2) is 60.8 Å². The maximum absolute atomic E-state index is 13.0. The van der Waals surface area contributed by atoms with Gasteiger partial charge in [0.1, 0.15) is 5.69 Å². The summed E-state index contributed by atoms with van der Waals surface area (Å²) in [6.45, 7) is 3.08. The molecular formula is C23H22N4O2. The number of fused-ring (bicyclic) bond motifs is 2. The van der Waals surface area contributed by atoms with Crippen molar-refractivity contribution in [3.63, 3.8) is 0 Å². The van der Waals surface area contributed by atoms with Crippen LogP contribution in [0.3, 0.4) is 0 Å². The molecule has 0 radical (unpaired) electrons. The van der Waals surface area contributed by atoms with Gasteiger partial charge in [-0.05, 0) is 23.1 Å². The predicted octanol–water partition coefficient (Wildman–Crippen LogP) is 2.74.